The zero-order valence-corrected chi connectivity index (χ0v) is 20.2. The van der Waals surface area contributed by atoms with E-state index in [9.17, 15) is 9.59 Å². The third-order valence-corrected chi connectivity index (χ3v) is 5.52. The van der Waals surface area contributed by atoms with Gasteiger partial charge in [-0.2, -0.15) is 0 Å². The third kappa shape index (κ3) is 6.38. The molecule has 1 aromatic heterocycles. The van der Waals surface area contributed by atoms with Crippen LogP contribution in [0.15, 0.2) is 47.3 Å². The Hall–Kier alpha value is -3.79. The smallest absolute Gasteiger partial charge is 0.325 e. The number of rotatable bonds is 11. The molecule has 3 aromatic rings. The van der Waals surface area contributed by atoms with Gasteiger partial charge in [-0.25, -0.2) is 4.98 Å². The number of benzene rings is 2. The van der Waals surface area contributed by atoms with E-state index in [2.05, 4.69) is 4.98 Å². The molecule has 9 nitrogen and oxygen atoms in total. The van der Waals surface area contributed by atoms with Crippen molar-refractivity contribution in [3.8, 4) is 23.0 Å². The van der Waals surface area contributed by atoms with E-state index in [-0.39, 0.29) is 25.6 Å². The highest BCUT2D eigenvalue weighted by Gasteiger charge is 2.22. The summed E-state index contributed by atoms with van der Waals surface area (Å²) in [6.45, 7) is 0.171. The summed E-state index contributed by atoms with van der Waals surface area (Å²) in [5, 5.41) is 1.89. The van der Waals surface area contributed by atoms with Gasteiger partial charge in [0.1, 0.15) is 24.7 Å². The number of esters is 1. The second-order valence-electron chi connectivity index (χ2n) is 7.09. The van der Waals surface area contributed by atoms with Crippen molar-refractivity contribution in [2.45, 2.75) is 13.2 Å². The molecule has 3 rings (SSSR count). The van der Waals surface area contributed by atoms with Crippen molar-refractivity contribution in [2.24, 2.45) is 0 Å². The maximum atomic E-state index is 13.4. The molecule has 0 fully saturated rings. The molecule has 1 heterocycles. The minimum Gasteiger partial charge on any atom is -0.497 e. The molecule has 10 heteroatoms. The van der Waals surface area contributed by atoms with Gasteiger partial charge in [0.15, 0.2) is 11.5 Å². The highest BCUT2D eigenvalue weighted by molar-refractivity contribution is 7.07. The van der Waals surface area contributed by atoms with Gasteiger partial charge in [-0.15, -0.1) is 11.3 Å². The number of aromatic nitrogens is 1. The molecule has 0 aliphatic rings. The monoisotopic (exact) mass is 486 g/mol. The Balaban J connectivity index is 1.85. The lowest BCUT2D eigenvalue weighted by Gasteiger charge is -2.23. The molecular formula is C24H26N2O7S. The standard InChI is InChI=1S/C24H26N2O7S/c1-29-19-7-16(8-20(10-19)30-2)11-26(12-23(27)32-4)24(28)17-5-6-21(22(9-17)31-3)33-13-18-14-34-15-25-18/h5-10,14-15H,11-13H2,1-4H3. The van der Waals surface area contributed by atoms with Gasteiger partial charge in [0.25, 0.3) is 5.91 Å². The first-order valence-electron chi connectivity index (χ1n) is 10.2. The lowest BCUT2D eigenvalue weighted by Crippen LogP contribution is -2.35. The highest BCUT2D eigenvalue weighted by atomic mass is 32.1. The molecule has 1 amide bonds. The zero-order chi connectivity index (χ0) is 24.5. The van der Waals surface area contributed by atoms with E-state index in [1.165, 1.54) is 30.5 Å². The second-order valence-corrected chi connectivity index (χ2v) is 7.81. The van der Waals surface area contributed by atoms with E-state index < -0.39 is 5.97 Å². The average molecular weight is 487 g/mol. The Morgan fingerprint density at radius 2 is 1.68 bits per heavy atom. The number of amides is 1. The van der Waals surface area contributed by atoms with Crippen LogP contribution in [0.25, 0.3) is 0 Å². The van der Waals surface area contributed by atoms with E-state index in [0.717, 1.165) is 11.3 Å². The number of hydrogen-bond acceptors (Lipinski definition) is 9. The molecule has 0 atom stereocenters. The summed E-state index contributed by atoms with van der Waals surface area (Å²) in [6.07, 6.45) is 0. The summed E-state index contributed by atoms with van der Waals surface area (Å²) in [4.78, 5) is 31.0. The van der Waals surface area contributed by atoms with Gasteiger partial charge in [-0.05, 0) is 35.9 Å². The number of thiazole rings is 1. The predicted molar refractivity (Wildman–Crippen MR) is 126 cm³/mol. The van der Waals surface area contributed by atoms with E-state index in [1.54, 1.807) is 56.1 Å². The highest BCUT2D eigenvalue weighted by Crippen LogP contribution is 2.30. The van der Waals surface area contributed by atoms with Gasteiger partial charge in [0, 0.05) is 23.6 Å². The van der Waals surface area contributed by atoms with E-state index in [1.807, 2.05) is 5.38 Å². The molecule has 0 aliphatic heterocycles. The summed E-state index contributed by atoms with van der Waals surface area (Å²) < 4.78 is 26.6. The van der Waals surface area contributed by atoms with E-state index >= 15 is 0 Å². The van der Waals surface area contributed by atoms with Crippen molar-refractivity contribution >= 4 is 23.2 Å². The summed E-state index contributed by atoms with van der Waals surface area (Å²) in [7, 11) is 5.85. The van der Waals surface area contributed by atoms with Crippen LogP contribution in [0.5, 0.6) is 23.0 Å². The Morgan fingerprint density at radius 3 is 2.26 bits per heavy atom. The SMILES string of the molecule is COC(=O)CN(Cc1cc(OC)cc(OC)c1)C(=O)c1ccc(OCc2cscn2)c(OC)c1. The molecule has 0 unspecified atom stereocenters. The van der Waals surface area contributed by atoms with Gasteiger partial charge < -0.3 is 28.6 Å². The Kier molecular flexibility index (Phi) is 8.69. The lowest BCUT2D eigenvalue weighted by molar-refractivity contribution is -0.141. The molecule has 180 valence electrons. The fourth-order valence-electron chi connectivity index (χ4n) is 3.16. The molecule has 34 heavy (non-hydrogen) atoms. The van der Waals surface area contributed by atoms with Gasteiger partial charge in [0.2, 0.25) is 0 Å². The van der Waals surface area contributed by atoms with Crippen LogP contribution in [-0.2, 0) is 22.7 Å². The van der Waals surface area contributed by atoms with Crippen LogP contribution in [0.2, 0.25) is 0 Å². The number of nitrogens with zero attached hydrogens (tertiary/aromatic N) is 2. The molecule has 0 aliphatic carbocycles. The maximum Gasteiger partial charge on any atom is 0.325 e. The second kappa shape index (κ2) is 11.9. The molecule has 2 aromatic carbocycles. The van der Waals surface area contributed by atoms with Gasteiger partial charge in [0.05, 0.1) is 39.6 Å². The van der Waals surface area contributed by atoms with Gasteiger partial charge in [-0.1, -0.05) is 0 Å². The molecule has 0 saturated heterocycles. The van der Waals surface area contributed by atoms with Crippen molar-refractivity contribution in [3.63, 3.8) is 0 Å². The van der Waals surface area contributed by atoms with Crippen LogP contribution in [0, 0.1) is 0 Å². The zero-order valence-electron chi connectivity index (χ0n) is 19.4. The number of methoxy groups -OCH3 is 4. The Labute approximate surface area is 201 Å². The quantitative estimate of drug-likeness (QED) is 0.380. The van der Waals surface area contributed by atoms with Crippen molar-refractivity contribution in [1.82, 2.24) is 9.88 Å². The van der Waals surface area contributed by atoms with Crippen LogP contribution in [0.1, 0.15) is 21.6 Å². The first-order valence-corrected chi connectivity index (χ1v) is 11.2. The fourth-order valence-corrected chi connectivity index (χ4v) is 3.70. The van der Waals surface area contributed by atoms with Crippen molar-refractivity contribution in [1.29, 1.82) is 0 Å². The minimum absolute atomic E-state index is 0.131. The summed E-state index contributed by atoms with van der Waals surface area (Å²) in [6, 6.07) is 10.1. The fraction of sp³-hybridized carbons (Fsp3) is 0.292. The van der Waals surface area contributed by atoms with Gasteiger partial charge >= 0.3 is 5.97 Å². The van der Waals surface area contributed by atoms with E-state index in [0.29, 0.717) is 28.6 Å². The summed E-state index contributed by atoms with van der Waals surface area (Å²) in [5.74, 6) is 1.09. The third-order valence-electron chi connectivity index (χ3n) is 4.89. The summed E-state index contributed by atoms with van der Waals surface area (Å²) >= 11 is 1.48. The minimum atomic E-state index is -0.543. The van der Waals surface area contributed by atoms with Crippen LogP contribution in [-0.4, -0.2) is 56.7 Å². The molecule has 0 radical (unpaired) electrons. The largest absolute Gasteiger partial charge is 0.497 e. The van der Waals surface area contributed by atoms with Crippen molar-refractivity contribution < 1.29 is 33.3 Å². The molecule has 0 bridgehead atoms. The predicted octanol–water partition coefficient (Wildman–Crippen LogP) is 3.56. The van der Waals surface area contributed by atoms with Crippen LogP contribution in [0.3, 0.4) is 0 Å². The van der Waals surface area contributed by atoms with Crippen LogP contribution >= 0.6 is 11.3 Å². The number of hydrogen-bond donors (Lipinski definition) is 0. The first kappa shape index (κ1) is 24.8. The van der Waals surface area contributed by atoms with Crippen LogP contribution < -0.4 is 18.9 Å². The summed E-state index contributed by atoms with van der Waals surface area (Å²) in [5.41, 5.74) is 3.58. The lowest BCUT2D eigenvalue weighted by atomic mass is 10.1. The molecule has 0 saturated carbocycles. The maximum absolute atomic E-state index is 13.4. The number of carbonyl (C=O) groups is 2. The molecule has 0 N–H and O–H groups in total. The Morgan fingerprint density at radius 1 is 0.941 bits per heavy atom. The van der Waals surface area contributed by atoms with E-state index in [4.69, 9.17) is 23.7 Å². The normalized spacial score (nSPS) is 10.4. The Bertz CT molecular complexity index is 1100. The molecular weight excluding hydrogens is 460 g/mol. The van der Waals surface area contributed by atoms with Crippen molar-refractivity contribution in [3.05, 3.63) is 64.1 Å². The molecule has 0 spiro atoms. The van der Waals surface area contributed by atoms with Crippen LogP contribution in [0.4, 0.5) is 0 Å². The number of carbonyl (C=O) groups excluding carboxylic acids is 2. The van der Waals surface area contributed by atoms with Crippen molar-refractivity contribution in [2.75, 3.05) is 35.0 Å². The van der Waals surface area contributed by atoms with Gasteiger partial charge in [-0.3, -0.25) is 9.59 Å². The average Bonchev–Trinajstić information content (AvgIpc) is 3.39. The topological polar surface area (TPSA) is 96.4 Å². The first-order chi connectivity index (χ1) is 16.5. The number of ether oxygens (including phenoxy) is 5.